The Kier molecular flexibility index (Phi) is 4.52. The van der Waals surface area contributed by atoms with Crippen molar-refractivity contribution in [3.8, 4) is 6.07 Å². The van der Waals surface area contributed by atoms with Gasteiger partial charge in [-0.25, -0.2) is 0 Å². The van der Waals surface area contributed by atoms with Crippen LogP contribution in [0.4, 0.5) is 0 Å². The molecule has 0 bridgehead atoms. The molecule has 0 aliphatic heterocycles. The fraction of sp³-hybridized carbons (Fsp3) is 0.500. The molecule has 0 spiro atoms. The summed E-state index contributed by atoms with van der Waals surface area (Å²) in [5, 5.41) is 10.5. The SMILES string of the molecule is CC(CC#N)OCCc1cccs1. The molecule has 0 amide bonds. The van der Waals surface area contributed by atoms with Crippen molar-refractivity contribution in [2.24, 2.45) is 0 Å². The fourth-order valence-electron chi connectivity index (χ4n) is 1.00. The van der Waals surface area contributed by atoms with Crippen LogP contribution in [0, 0.1) is 11.3 Å². The van der Waals surface area contributed by atoms with Crippen molar-refractivity contribution in [3.63, 3.8) is 0 Å². The van der Waals surface area contributed by atoms with Gasteiger partial charge in [-0.05, 0) is 18.4 Å². The van der Waals surface area contributed by atoms with Crippen molar-refractivity contribution in [1.82, 2.24) is 0 Å². The van der Waals surface area contributed by atoms with Gasteiger partial charge in [0.25, 0.3) is 0 Å². The standard InChI is InChI=1S/C10H13NOS/c1-9(4-6-11)12-7-5-10-3-2-8-13-10/h2-3,8-9H,4-5,7H2,1H3. The van der Waals surface area contributed by atoms with Gasteiger partial charge in [0.15, 0.2) is 0 Å². The monoisotopic (exact) mass is 195 g/mol. The van der Waals surface area contributed by atoms with Crippen LogP contribution in [0.25, 0.3) is 0 Å². The van der Waals surface area contributed by atoms with Crippen LogP contribution in [0.5, 0.6) is 0 Å². The molecule has 70 valence electrons. The summed E-state index contributed by atoms with van der Waals surface area (Å²) in [5.41, 5.74) is 0. The maximum absolute atomic E-state index is 8.39. The van der Waals surface area contributed by atoms with Crippen LogP contribution in [-0.4, -0.2) is 12.7 Å². The van der Waals surface area contributed by atoms with E-state index in [1.54, 1.807) is 11.3 Å². The fourth-order valence-corrected chi connectivity index (χ4v) is 1.69. The molecule has 0 aliphatic rings. The Balaban J connectivity index is 2.11. The minimum atomic E-state index is 0.0602. The van der Waals surface area contributed by atoms with E-state index in [4.69, 9.17) is 10.00 Å². The first-order valence-electron chi connectivity index (χ1n) is 4.34. The molecule has 1 aromatic rings. The number of nitrogens with zero attached hydrogens (tertiary/aromatic N) is 1. The highest BCUT2D eigenvalue weighted by atomic mass is 32.1. The van der Waals surface area contributed by atoms with Crippen LogP contribution in [0.3, 0.4) is 0 Å². The maximum atomic E-state index is 8.39. The van der Waals surface area contributed by atoms with E-state index in [1.807, 2.05) is 13.0 Å². The van der Waals surface area contributed by atoms with E-state index in [0.717, 1.165) is 6.42 Å². The number of rotatable bonds is 5. The number of ether oxygens (including phenoxy) is 1. The van der Waals surface area contributed by atoms with Gasteiger partial charge >= 0.3 is 0 Å². The van der Waals surface area contributed by atoms with E-state index in [-0.39, 0.29) is 6.10 Å². The van der Waals surface area contributed by atoms with Crippen LogP contribution in [0.15, 0.2) is 17.5 Å². The van der Waals surface area contributed by atoms with E-state index in [1.165, 1.54) is 4.88 Å². The Labute approximate surface area is 82.8 Å². The number of hydrogen-bond acceptors (Lipinski definition) is 3. The molecule has 1 unspecified atom stereocenters. The van der Waals surface area contributed by atoms with Gasteiger partial charge in [0.2, 0.25) is 0 Å². The highest BCUT2D eigenvalue weighted by Gasteiger charge is 2.00. The van der Waals surface area contributed by atoms with Crippen LogP contribution in [0.1, 0.15) is 18.2 Å². The molecule has 1 aromatic heterocycles. The largest absolute Gasteiger partial charge is 0.377 e. The molecule has 3 heteroatoms. The summed E-state index contributed by atoms with van der Waals surface area (Å²) >= 11 is 1.74. The summed E-state index contributed by atoms with van der Waals surface area (Å²) < 4.78 is 5.44. The number of hydrogen-bond donors (Lipinski definition) is 0. The number of thiophene rings is 1. The molecule has 0 fully saturated rings. The topological polar surface area (TPSA) is 33.0 Å². The quantitative estimate of drug-likeness (QED) is 0.723. The zero-order chi connectivity index (χ0) is 9.52. The van der Waals surface area contributed by atoms with Gasteiger partial charge in [-0.1, -0.05) is 6.07 Å². The normalized spacial score (nSPS) is 12.3. The Hall–Kier alpha value is -0.850. The molecule has 0 saturated carbocycles. The first kappa shape index (κ1) is 10.2. The molecule has 0 N–H and O–H groups in total. The molecule has 0 aromatic carbocycles. The van der Waals surface area contributed by atoms with Crippen molar-refractivity contribution >= 4 is 11.3 Å². The molecular weight excluding hydrogens is 182 g/mol. The van der Waals surface area contributed by atoms with Crippen LogP contribution in [0.2, 0.25) is 0 Å². The van der Waals surface area contributed by atoms with E-state index >= 15 is 0 Å². The molecule has 0 saturated heterocycles. The van der Waals surface area contributed by atoms with Crippen molar-refractivity contribution in [2.45, 2.75) is 25.9 Å². The lowest BCUT2D eigenvalue weighted by Gasteiger charge is -2.07. The molecule has 1 heterocycles. The van der Waals surface area contributed by atoms with Crippen molar-refractivity contribution in [2.75, 3.05) is 6.61 Å². The van der Waals surface area contributed by atoms with Gasteiger partial charge in [0.1, 0.15) is 0 Å². The molecule has 0 aliphatic carbocycles. The third-order valence-electron chi connectivity index (χ3n) is 1.71. The molecule has 1 atom stereocenters. The second-order valence-electron chi connectivity index (χ2n) is 2.87. The Morgan fingerprint density at radius 3 is 3.15 bits per heavy atom. The van der Waals surface area contributed by atoms with Crippen molar-refractivity contribution in [1.29, 1.82) is 5.26 Å². The average molecular weight is 195 g/mol. The minimum absolute atomic E-state index is 0.0602. The van der Waals surface area contributed by atoms with Gasteiger partial charge in [-0.15, -0.1) is 11.3 Å². The van der Waals surface area contributed by atoms with Gasteiger partial charge in [0.05, 0.1) is 25.2 Å². The first-order chi connectivity index (χ1) is 6.33. The van der Waals surface area contributed by atoms with Gasteiger partial charge in [-0.3, -0.25) is 0 Å². The zero-order valence-electron chi connectivity index (χ0n) is 7.69. The van der Waals surface area contributed by atoms with Gasteiger partial charge in [0, 0.05) is 11.3 Å². The van der Waals surface area contributed by atoms with Crippen molar-refractivity contribution in [3.05, 3.63) is 22.4 Å². The summed E-state index contributed by atoms with van der Waals surface area (Å²) in [4.78, 5) is 1.34. The third kappa shape index (κ3) is 4.07. The number of nitriles is 1. The summed E-state index contributed by atoms with van der Waals surface area (Å²) in [6.45, 7) is 2.64. The van der Waals surface area contributed by atoms with Gasteiger partial charge in [-0.2, -0.15) is 5.26 Å². The second-order valence-corrected chi connectivity index (χ2v) is 3.91. The molecule has 13 heavy (non-hydrogen) atoms. The summed E-state index contributed by atoms with van der Waals surface area (Å²) in [6, 6.07) is 6.23. The highest BCUT2D eigenvalue weighted by molar-refractivity contribution is 7.09. The Morgan fingerprint density at radius 1 is 1.69 bits per heavy atom. The van der Waals surface area contributed by atoms with E-state index in [2.05, 4.69) is 17.5 Å². The maximum Gasteiger partial charge on any atom is 0.0677 e. The zero-order valence-corrected chi connectivity index (χ0v) is 8.51. The lowest BCUT2D eigenvalue weighted by Crippen LogP contribution is -2.09. The van der Waals surface area contributed by atoms with Gasteiger partial charge < -0.3 is 4.74 Å². The predicted molar refractivity (Wildman–Crippen MR) is 53.7 cm³/mol. The smallest absolute Gasteiger partial charge is 0.0677 e. The first-order valence-corrected chi connectivity index (χ1v) is 5.22. The second kappa shape index (κ2) is 5.74. The molecule has 2 nitrogen and oxygen atoms in total. The highest BCUT2D eigenvalue weighted by Crippen LogP contribution is 2.09. The lowest BCUT2D eigenvalue weighted by atomic mass is 10.3. The minimum Gasteiger partial charge on any atom is -0.377 e. The summed E-state index contributed by atoms with van der Waals surface area (Å²) in [6.07, 6.45) is 1.49. The van der Waals surface area contributed by atoms with E-state index in [9.17, 15) is 0 Å². The summed E-state index contributed by atoms with van der Waals surface area (Å²) in [5.74, 6) is 0. The summed E-state index contributed by atoms with van der Waals surface area (Å²) in [7, 11) is 0. The predicted octanol–water partition coefficient (Wildman–Crippen LogP) is 2.61. The third-order valence-corrected chi connectivity index (χ3v) is 2.65. The van der Waals surface area contributed by atoms with E-state index < -0.39 is 0 Å². The molecule has 1 rings (SSSR count). The van der Waals surface area contributed by atoms with Crippen molar-refractivity contribution < 1.29 is 4.74 Å². The Bertz CT molecular complexity index is 263. The van der Waals surface area contributed by atoms with Crippen LogP contribution in [-0.2, 0) is 11.2 Å². The van der Waals surface area contributed by atoms with Crippen LogP contribution >= 0.6 is 11.3 Å². The molecule has 0 radical (unpaired) electrons. The lowest BCUT2D eigenvalue weighted by molar-refractivity contribution is 0.0720. The average Bonchev–Trinajstić information content (AvgIpc) is 2.57. The Morgan fingerprint density at radius 2 is 2.54 bits per heavy atom. The van der Waals surface area contributed by atoms with E-state index in [0.29, 0.717) is 13.0 Å². The molecular formula is C10H13NOS. The van der Waals surface area contributed by atoms with Crippen LogP contribution < -0.4 is 0 Å².